The molecule has 7 rings (SSSR count). The van der Waals surface area contributed by atoms with Crippen LogP contribution in [0.25, 0.3) is 28.0 Å². The van der Waals surface area contributed by atoms with Crippen LogP contribution in [-0.2, 0) is 4.74 Å². The van der Waals surface area contributed by atoms with E-state index in [9.17, 15) is 9.59 Å². The number of pyridine rings is 1. The number of rotatable bonds is 5. The van der Waals surface area contributed by atoms with E-state index in [1.807, 2.05) is 47.4 Å². The monoisotopic (exact) mass is 549 g/mol. The van der Waals surface area contributed by atoms with Crippen molar-refractivity contribution in [3.05, 3.63) is 78.3 Å². The first-order chi connectivity index (χ1) is 20.0. The number of nitrogens with zero attached hydrogens (tertiary/aromatic N) is 7. The molecule has 0 radical (unpaired) electrons. The Morgan fingerprint density at radius 3 is 2.44 bits per heavy atom. The van der Waals surface area contributed by atoms with Crippen LogP contribution < -0.4 is 5.73 Å². The highest BCUT2D eigenvalue weighted by Crippen LogP contribution is 2.40. The summed E-state index contributed by atoms with van der Waals surface area (Å²) in [6.45, 7) is 2.26. The molecule has 0 spiro atoms. The smallest absolute Gasteiger partial charge is 0.291 e. The van der Waals surface area contributed by atoms with Crippen molar-refractivity contribution in [1.29, 1.82) is 0 Å². The average Bonchev–Trinajstić information content (AvgIpc) is 3.67. The molecule has 2 fully saturated rings. The van der Waals surface area contributed by atoms with Gasteiger partial charge in [-0.05, 0) is 25.8 Å². The predicted molar refractivity (Wildman–Crippen MR) is 149 cm³/mol. The number of ether oxygens (including phenoxy) is 1. The SMILES string of the molecule is CC(=O)c1c(C2CC3COCC(C2)N3C(=O)c2ncn[nH]2)nc2c(-c3ccc(-c4ccccc4)nc3)cnn2c1N. The van der Waals surface area contributed by atoms with E-state index in [2.05, 4.69) is 25.3 Å². The van der Waals surface area contributed by atoms with E-state index in [4.69, 9.17) is 15.5 Å². The van der Waals surface area contributed by atoms with Crippen LogP contribution in [0.15, 0.2) is 61.2 Å². The molecule has 6 heterocycles. The first-order valence-corrected chi connectivity index (χ1v) is 13.4. The predicted octanol–water partition coefficient (Wildman–Crippen LogP) is 3.15. The first-order valence-electron chi connectivity index (χ1n) is 13.4. The molecule has 12 nitrogen and oxygen atoms in total. The van der Waals surface area contributed by atoms with Crippen molar-refractivity contribution in [2.75, 3.05) is 18.9 Å². The number of nitrogens with two attached hydrogens (primary N) is 1. The van der Waals surface area contributed by atoms with Crippen molar-refractivity contribution in [1.82, 2.24) is 39.7 Å². The molecule has 2 bridgehead atoms. The number of carbonyl (C=O) groups is 2. The topological polar surface area (TPSA) is 157 Å². The Morgan fingerprint density at radius 1 is 1.00 bits per heavy atom. The summed E-state index contributed by atoms with van der Waals surface area (Å²) in [4.78, 5) is 41.7. The van der Waals surface area contributed by atoms with Crippen molar-refractivity contribution in [3.8, 4) is 22.4 Å². The molecule has 2 aliphatic heterocycles. The second kappa shape index (κ2) is 9.89. The van der Waals surface area contributed by atoms with Crippen LogP contribution in [0.4, 0.5) is 5.82 Å². The van der Waals surface area contributed by atoms with Gasteiger partial charge in [-0.2, -0.15) is 14.7 Å². The van der Waals surface area contributed by atoms with Gasteiger partial charge in [0.25, 0.3) is 5.91 Å². The normalized spacial score (nSPS) is 20.3. The average molecular weight is 550 g/mol. The summed E-state index contributed by atoms with van der Waals surface area (Å²) >= 11 is 0. The van der Waals surface area contributed by atoms with Crippen LogP contribution in [0.3, 0.4) is 0 Å². The van der Waals surface area contributed by atoms with Gasteiger partial charge in [0.05, 0.1) is 48.4 Å². The lowest BCUT2D eigenvalue weighted by Gasteiger charge is -2.48. The molecule has 0 saturated carbocycles. The molecule has 3 N–H and O–H groups in total. The van der Waals surface area contributed by atoms with Gasteiger partial charge < -0.3 is 15.4 Å². The Balaban J connectivity index is 1.27. The van der Waals surface area contributed by atoms with Gasteiger partial charge in [-0.15, -0.1) is 0 Å². The molecular formula is C29H27N9O3. The van der Waals surface area contributed by atoms with E-state index in [1.165, 1.54) is 17.8 Å². The summed E-state index contributed by atoms with van der Waals surface area (Å²) in [6.07, 6.45) is 5.95. The minimum Gasteiger partial charge on any atom is -0.383 e. The third kappa shape index (κ3) is 4.23. The molecule has 2 atom stereocenters. The zero-order chi connectivity index (χ0) is 28.1. The quantitative estimate of drug-likeness (QED) is 0.314. The van der Waals surface area contributed by atoms with Gasteiger partial charge in [0, 0.05) is 28.8 Å². The first kappa shape index (κ1) is 25.0. The number of ketones is 1. The molecule has 2 saturated heterocycles. The molecule has 12 heteroatoms. The highest BCUT2D eigenvalue weighted by atomic mass is 16.5. The van der Waals surface area contributed by atoms with E-state index in [0.717, 1.165) is 22.4 Å². The van der Waals surface area contributed by atoms with Crippen LogP contribution in [0.5, 0.6) is 0 Å². The maximum absolute atomic E-state index is 13.2. The number of piperidine rings is 1. The van der Waals surface area contributed by atoms with Crippen LogP contribution in [0, 0.1) is 0 Å². The van der Waals surface area contributed by atoms with Crippen molar-refractivity contribution in [3.63, 3.8) is 0 Å². The maximum Gasteiger partial charge on any atom is 0.291 e. The van der Waals surface area contributed by atoms with E-state index in [1.54, 1.807) is 12.4 Å². The Labute approximate surface area is 234 Å². The summed E-state index contributed by atoms with van der Waals surface area (Å²) in [5.41, 5.74) is 11.6. The number of anilines is 1. The number of nitrogens with one attached hydrogen (secondary N) is 1. The number of benzene rings is 1. The number of fused-ring (bicyclic) bond motifs is 3. The zero-order valence-electron chi connectivity index (χ0n) is 22.3. The van der Waals surface area contributed by atoms with Gasteiger partial charge in [-0.1, -0.05) is 36.4 Å². The highest BCUT2D eigenvalue weighted by molar-refractivity contribution is 6.00. The summed E-state index contributed by atoms with van der Waals surface area (Å²) in [6, 6.07) is 13.5. The third-order valence-electron chi connectivity index (χ3n) is 7.97. The maximum atomic E-state index is 13.2. The largest absolute Gasteiger partial charge is 0.383 e. The highest BCUT2D eigenvalue weighted by Gasteiger charge is 2.44. The molecule has 1 aromatic carbocycles. The van der Waals surface area contributed by atoms with E-state index < -0.39 is 0 Å². The molecule has 2 aliphatic rings. The minimum atomic E-state index is -0.210. The van der Waals surface area contributed by atoms with Crippen LogP contribution in [0.1, 0.15) is 52.4 Å². The van der Waals surface area contributed by atoms with E-state index >= 15 is 0 Å². The fourth-order valence-corrected chi connectivity index (χ4v) is 6.13. The number of H-pyrrole nitrogens is 1. The van der Waals surface area contributed by atoms with Crippen molar-refractivity contribution >= 4 is 23.2 Å². The second-order valence-electron chi connectivity index (χ2n) is 10.5. The standard InChI is InChI=1S/C29H27N9O3/c1-16(39)24-25(19-9-20-13-41-14-21(10-19)37(20)29(40)27-32-15-33-36-27)35-28-22(12-34-38(28)26(24)30)18-7-8-23(31-11-18)17-5-3-2-4-6-17/h2-8,11-12,15,19-21H,9-10,13-14,30H2,1H3,(H,32,33,36). The Morgan fingerprint density at radius 2 is 1.78 bits per heavy atom. The summed E-state index contributed by atoms with van der Waals surface area (Å²) in [5.74, 6) is -0.0540. The molecule has 41 heavy (non-hydrogen) atoms. The molecule has 2 unspecified atom stereocenters. The number of carbonyl (C=O) groups excluding carboxylic acids is 2. The third-order valence-corrected chi connectivity index (χ3v) is 7.97. The molecule has 206 valence electrons. The molecular weight excluding hydrogens is 522 g/mol. The Hall–Kier alpha value is -4.97. The van der Waals surface area contributed by atoms with Crippen molar-refractivity contribution in [2.24, 2.45) is 0 Å². The lowest BCUT2D eigenvalue weighted by molar-refractivity contribution is -0.0624. The number of hydrogen-bond acceptors (Lipinski definition) is 9. The van der Waals surface area contributed by atoms with Gasteiger partial charge in [0.15, 0.2) is 11.4 Å². The fraction of sp³-hybridized carbons (Fsp3) is 0.276. The number of nitrogen functional groups attached to an aromatic ring is 1. The van der Waals surface area contributed by atoms with Crippen molar-refractivity contribution < 1.29 is 14.3 Å². The molecule has 1 amide bonds. The number of aromatic nitrogens is 7. The Kier molecular flexibility index (Phi) is 6.04. The number of morpholine rings is 1. The van der Waals surface area contributed by atoms with Crippen LogP contribution in [0.2, 0.25) is 0 Å². The van der Waals surface area contributed by atoms with E-state index in [-0.39, 0.29) is 41.3 Å². The number of hydrogen-bond donors (Lipinski definition) is 2. The van der Waals surface area contributed by atoms with Gasteiger partial charge in [0.1, 0.15) is 12.1 Å². The Bertz CT molecular complexity index is 1740. The molecule has 5 aromatic rings. The van der Waals surface area contributed by atoms with Gasteiger partial charge in [-0.3, -0.25) is 19.7 Å². The summed E-state index contributed by atoms with van der Waals surface area (Å²) in [5, 5.41) is 11.0. The summed E-state index contributed by atoms with van der Waals surface area (Å²) < 4.78 is 7.34. The minimum absolute atomic E-state index is 0.111. The van der Waals surface area contributed by atoms with Crippen LogP contribution in [-0.4, -0.2) is 76.7 Å². The summed E-state index contributed by atoms with van der Waals surface area (Å²) in [7, 11) is 0. The number of amides is 1. The molecule has 4 aromatic heterocycles. The number of Topliss-reactive ketones (excluding diaryl/α,β-unsaturated/α-hetero) is 1. The van der Waals surface area contributed by atoms with Crippen LogP contribution >= 0.6 is 0 Å². The lowest BCUT2D eigenvalue weighted by atomic mass is 9.81. The second-order valence-corrected chi connectivity index (χ2v) is 10.5. The van der Waals surface area contributed by atoms with Gasteiger partial charge in [-0.25, -0.2) is 9.97 Å². The van der Waals surface area contributed by atoms with Gasteiger partial charge in [0.2, 0.25) is 5.82 Å². The van der Waals surface area contributed by atoms with Gasteiger partial charge >= 0.3 is 0 Å². The molecule has 0 aliphatic carbocycles. The number of aromatic amines is 1. The zero-order valence-corrected chi connectivity index (χ0v) is 22.3. The van der Waals surface area contributed by atoms with Crippen molar-refractivity contribution in [2.45, 2.75) is 37.8 Å². The van der Waals surface area contributed by atoms with E-state index in [0.29, 0.717) is 43.0 Å². The lowest BCUT2D eigenvalue weighted by Crippen LogP contribution is -2.59. The fourth-order valence-electron chi connectivity index (χ4n) is 6.13.